The first-order chi connectivity index (χ1) is 9.51. The summed E-state index contributed by atoms with van der Waals surface area (Å²) in [6.07, 6.45) is 5.72. The van der Waals surface area contributed by atoms with Crippen LogP contribution in [-0.4, -0.2) is 35.7 Å². The summed E-state index contributed by atoms with van der Waals surface area (Å²) in [5.74, 6) is 1.35. The maximum atomic E-state index is 9.47. The minimum atomic E-state index is 0.191. The Balaban J connectivity index is 2.06. The Kier molecular flexibility index (Phi) is 5.09. The summed E-state index contributed by atoms with van der Waals surface area (Å²) in [4.78, 5) is 2.49. The van der Waals surface area contributed by atoms with Gasteiger partial charge in [0.1, 0.15) is 0 Å². The van der Waals surface area contributed by atoms with Crippen LogP contribution < -0.4 is 0 Å². The monoisotopic (exact) mass is 278 g/mol. The van der Waals surface area contributed by atoms with E-state index in [4.69, 9.17) is 0 Å². The van der Waals surface area contributed by atoms with Gasteiger partial charge < -0.3 is 5.11 Å². The molecule has 0 aromatic rings. The van der Waals surface area contributed by atoms with E-state index in [1.54, 1.807) is 0 Å². The van der Waals surface area contributed by atoms with E-state index in [-0.39, 0.29) is 5.92 Å². The van der Waals surface area contributed by atoms with E-state index in [2.05, 4.69) is 31.7 Å². The Morgan fingerprint density at radius 3 is 2.60 bits per heavy atom. The normalized spacial score (nSPS) is 36.0. The van der Waals surface area contributed by atoms with E-state index < -0.39 is 0 Å². The lowest BCUT2D eigenvalue weighted by Crippen LogP contribution is -2.45. The van der Waals surface area contributed by atoms with Crippen molar-refractivity contribution < 1.29 is 5.11 Å². The molecule has 2 fully saturated rings. The van der Waals surface area contributed by atoms with Crippen LogP contribution in [0.1, 0.15) is 52.9 Å². The predicted molar refractivity (Wildman–Crippen MR) is 81.1 cm³/mol. The minimum Gasteiger partial charge on any atom is -0.396 e. The smallest absolute Gasteiger partial charge is 0.0672 e. The molecular weight excluding hydrogens is 248 g/mol. The van der Waals surface area contributed by atoms with Crippen LogP contribution in [0.15, 0.2) is 0 Å². The second-order valence-corrected chi connectivity index (χ2v) is 7.49. The third kappa shape index (κ3) is 3.18. The number of hydrogen-bond acceptors (Lipinski definition) is 3. The summed E-state index contributed by atoms with van der Waals surface area (Å²) in [7, 11) is 0. The van der Waals surface area contributed by atoms with E-state index in [0.717, 1.165) is 38.3 Å². The van der Waals surface area contributed by atoms with Crippen molar-refractivity contribution in [2.24, 2.45) is 23.2 Å². The van der Waals surface area contributed by atoms with Gasteiger partial charge in [-0.3, -0.25) is 4.90 Å². The fourth-order valence-corrected chi connectivity index (χ4v) is 4.01. The first-order valence-electron chi connectivity index (χ1n) is 8.26. The molecule has 0 radical (unpaired) electrons. The quantitative estimate of drug-likeness (QED) is 0.860. The zero-order valence-electron chi connectivity index (χ0n) is 13.3. The Bertz CT molecular complexity index is 360. The highest BCUT2D eigenvalue weighted by Gasteiger charge is 2.41. The van der Waals surface area contributed by atoms with Gasteiger partial charge in [-0.25, -0.2) is 0 Å². The molecule has 3 heteroatoms. The average Bonchev–Trinajstić information content (AvgIpc) is 2.95. The van der Waals surface area contributed by atoms with Gasteiger partial charge in [-0.2, -0.15) is 5.26 Å². The van der Waals surface area contributed by atoms with Crippen molar-refractivity contribution in [3.63, 3.8) is 0 Å². The average molecular weight is 278 g/mol. The van der Waals surface area contributed by atoms with Gasteiger partial charge in [0.25, 0.3) is 0 Å². The fourth-order valence-electron chi connectivity index (χ4n) is 4.01. The highest BCUT2D eigenvalue weighted by Crippen LogP contribution is 2.44. The van der Waals surface area contributed by atoms with Gasteiger partial charge in [0.15, 0.2) is 0 Å². The standard InChI is InChI=1S/C17H30N2O/c1-4-17(2,3)15-6-5-14(10-18)16(9-15)19-8-7-13(11-19)12-20/h13-16,20H,4-9,11-12H2,1-3H3. The first kappa shape index (κ1) is 15.8. The second kappa shape index (κ2) is 6.45. The molecule has 0 bridgehead atoms. The number of rotatable bonds is 4. The predicted octanol–water partition coefficient (Wildman–Crippen LogP) is 3.05. The summed E-state index contributed by atoms with van der Waals surface area (Å²) >= 11 is 0. The summed E-state index contributed by atoms with van der Waals surface area (Å²) in [5, 5.41) is 18.8. The minimum absolute atomic E-state index is 0.191. The Morgan fingerprint density at radius 1 is 1.30 bits per heavy atom. The van der Waals surface area contributed by atoms with E-state index in [0.29, 0.717) is 24.0 Å². The van der Waals surface area contributed by atoms with Crippen LogP contribution in [0.2, 0.25) is 0 Å². The third-order valence-corrected chi connectivity index (χ3v) is 6.04. The number of hydrogen-bond donors (Lipinski definition) is 1. The molecular formula is C17H30N2O. The maximum absolute atomic E-state index is 9.47. The highest BCUT2D eigenvalue weighted by molar-refractivity contribution is 5.01. The van der Waals surface area contributed by atoms with E-state index >= 15 is 0 Å². The largest absolute Gasteiger partial charge is 0.396 e. The molecule has 2 aliphatic rings. The molecule has 1 saturated carbocycles. The van der Waals surface area contributed by atoms with Crippen molar-refractivity contribution in [3.05, 3.63) is 0 Å². The van der Waals surface area contributed by atoms with Crippen LogP contribution in [0, 0.1) is 34.5 Å². The summed E-state index contributed by atoms with van der Waals surface area (Å²) in [6.45, 7) is 9.38. The molecule has 0 aromatic heterocycles. The molecule has 1 saturated heterocycles. The topological polar surface area (TPSA) is 47.3 Å². The maximum Gasteiger partial charge on any atom is 0.0672 e. The fraction of sp³-hybridized carbons (Fsp3) is 0.941. The number of likely N-dealkylation sites (tertiary alicyclic amines) is 1. The summed E-state index contributed by atoms with van der Waals surface area (Å²) < 4.78 is 0. The van der Waals surface area contributed by atoms with Crippen LogP contribution in [-0.2, 0) is 0 Å². The van der Waals surface area contributed by atoms with E-state index in [1.165, 1.54) is 12.8 Å². The SMILES string of the molecule is CCC(C)(C)C1CCC(C#N)C(N2CCC(CO)C2)C1. The zero-order chi connectivity index (χ0) is 14.8. The van der Waals surface area contributed by atoms with Crippen molar-refractivity contribution in [3.8, 4) is 6.07 Å². The molecule has 1 N–H and O–H groups in total. The molecule has 0 spiro atoms. The second-order valence-electron chi connectivity index (χ2n) is 7.49. The molecule has 0 aromatic carbocycles. The molecule has 4 unspecified atom stereocenters. The molecule has 1 aliphatic carbocycles. The van der Waals surface area contributed by atoms with Crippen molar-refractivity contribution in [2.45, 2.75) is 58.9 Å². The zero-order valence-corrected chi connectivity index (χ0v) is 13.3. The van der Waals surface area contributed by atoms with Crippen molar-refractivity contribution in [2.75, 3.05) is 19.7 Å². The number of aliphatic hydroxyl groups excluding tert-OH is 1. The molecule has 3 nitrogen and oxygen atoms in total. The third-order valence-electron chi connectivity index (χ3n) is 6.04. The van der Waals surface area contributed by atoms with E-state index in [9.17, 15) is 10.4 Å². The lowest BCUT2D eigenvalue weighted by molar-refractivity contribution is 0.0601. The van der Waals surface area contributed by atoms with Gasteiger partial charge in [-0.05, 0) is 49.5 Å². The van der Waals surface area contributed by atoms with Crippen molar-refractivity contribution >= 4 is 0 Å². The molecule has 20 heavy (non-hydrogen) atoms. The van der Waals surface area contributed by atoms with Crippen molar-refractivity contribution in [1.29, 1.82) is 5.26 Å². The highest BCUT2D eigenvalue weighted by atomic mass is 16.3. The lowest BCUT2D eigenvalue weighted by atomic mass is 9.66. The Morgan fingerprint density at radius 2 is 2.05 bits per heavy atom. The lowest BCUT2D eigenvalue weighted by Gasteiger charge is -2.44. The van der Waals surface area contributed by atoms with Gasteiger partial charge in [0.2, 0.25) is 0 Å². The summed E-state index contributed by atoms with van der Waals surface area (Å²) in [5.41, 5.74) is 0.384. The Hall–Kier alpha value is -0.590. The van der Waals surface area contributed by atoms with Crippen LogP contribution in [0.4, 0.5) is 0 Å². The van der Waals surface area contributed by atoms with Gasteiger partial charge in [-0.1, -0.05) is 27.2 Å². The molecule has 2 rings (SSSR count). The Labute approximate surface area is 124 Å². The number of nitriles is 1. The van der Waals surface area contributed by atoms with Crippen LogP contribution in [0.5, 0.6) is 0 Å². The van der Waals surface area contributed by atoms with E-state index in [1.807, 2.05) is 0 Å². The van der Waals surface area contributed by atoms with Crippen LogP contribution >= 0.6 is 0 Å². The van der Waals surface area contributed by atoms with Crippen LogP contribution in [0.3, 0.4) is 0 Å². The number of aliphatic hydroxyl groups is 1. The van der Waals surface area contributed by atoms with Gasteiger partial charge in [0.05, 0.1) is 12.0 Å². The number of nitrogens with zero attached hydrogens (tertiary/aromatic N) is 2. The molecule has 0 amide bonds. The molecule has 114 valence electrons. The summed E-state index contributed by atoms with van der Waals surface area (Å²) in [6, 6.07) is 2.97. The van der Waals surface area contributed by atoms with Gasteiger partial charge in [0, 0.05) is 19.2 Å². The molecule has 4 atom stereocenters. The molecule has 1 aliphatic heterocycles. The first-order valence-corrected chi connectivity index (χ1v) is 8.26. The van der Waals surface area contributed by atoms with Crippen molar-refractivity contribution in [1.82, 2.24) is 4.90 Å². The van der Waals surface area contributed by atoms with Gasteiger partial charge >= 0.3 is 0 Å². The van der Waals surface area contributed by atoms with Crippen LogP contribution in [0.25, 0.3) is 0 Å². The molecule has 1 heterocycles. The van der Waals surface area contributed by atoms with Gasteiger partial charge in [-0.15, -0.1) is 0 Å².